The van der Waals surface area contributed by atoms with E-state index in [1.807, 2.05) is 13.1 Å². The third-order valence-corrected chi connectivity index (χ3v) is 1.52. The number of H-pyrrole nitrogens is 1. The molecular formula is C6H8N2OS. The molecule has 0 radical (unpaired) electrons. The summed E-state index contributed by atoms with van der Waals surface area (Å²) in [6, 6.07) is 0. The number of aryl methyl sites for hydroxylation is 1. The maximum atomic E-state index is 10.1. The minimum absolute atomic E-state index is 0.336. The summed E-state index contributed by atoms with van der Waals surface area (Å²) >= 11 is 4.89. The highest BCUT2D eigenvalue weighted by molar-refractivity contribution is 7.71. The Balaban J connectivity index is 3.03. The van der Waals surface area contributed by atoms with Crippen molar-refractivity contribution in [2.24, 2.45) is 0 Å². The second-order valence-electron chi connectivity index (χ2n) is 2.06. The third kappa shape index (κ3) is 1.33. The Kier molecular flexibility index (Phi) is 2.01. The maximum Gasteiger partial charge on any atom is 0.177 e. The molecule has 0 aliphatic carbocycles. The van der Waals surface area contributed by atoms with Crippen LogP contribution in [0.1, 0.15) is 5.69 Å². The van der Waals surface area contributed by atoms with Gasteiger partial charge in [-0.2, -0.15) is 0 Å². The summed E-state index contributed by atoms with van der Waals surface area (Å²) < 4.78 is 2.29. The van der Waals surface area contributed by atoms with E-state index in [-0.39, 0.29) is 0 Å². The SMILES string of the molecule is Cc1cn(CC=O)c(=S)[nH]1. The van der Waals surface area contributed by atoms with Gasteiger partial charge in [-0.1, -0.05) is 0 Å². The number of hydrogen-bond donors (Lipinski definition) is 1. The summed E-state index contributed by atoms with van der Waals surface area (Å²) in [5.41, 5.74) is 0.979. The first-order valence-electron chi connectivity index (χ1n) is 2.93. The normalized spacial score (nSPS) is 9.70. The van der Waals surface area contributed by atoms with Crippen LogP contribution in [0.2, 0.25) is 0 Å². The monoisotopic (exact) mass is 156 g/mol. The molecule has 0 saturated carbocycles. The van der Waals surface area contributed by atoms with Crippen LogP contribution in [0, 0.1) is 11.7 Å². The lowest BCUT2D eigenvalue weighted by atomic mass is 10.6. The van der Waals surface area contributed by atoms with Crippen LogP contribution in [-0.4, -0.2) is 15.8 Å². The van der Waals surface area contributed by atoms with E-state index in [9.17, 15) is 4.79 Å². The minimum Gasteiger partial charge on any atom is -0.335 e. The Morgan fingerprint density at radius 3 is 3.00 bits per heavy atom. The van der Waals surface area contributed by atoms with Crippen molar-refractivity contribution in [2.45, 2.75) is 13.5 Å². The predicted molar refractivity (Wildman–Crippen MR) is 40.4 cm³/mol. The van der Waals surface area contributed by atoms with Crippen LogP contribution in [0.3, 0.4) is 0 Å². The minimum atomic E-state index is 0.336. The first kappa shape index (κ1) is 7.21. The topological polar surface area (TPSA) is 37.8 Å². The third-order valence-electron chi connectivity index (χ3n) is 1.19. The second kappa shape index (κ2) is 2.79. The van der Waals surface area contributed by atoms with Crippen molar-refractivity contribution >= 4 is 18.5 Å². The fourth-order valence-corrected chi connectivity index (χ4v) is 1.07. The number of aromatic nitrogens is 2. The quantitative estimate of drug-likeness (QED) is 0.513. The van der Waals surface area contributed by atoms with E-state index in [1.54, 1.807) is 4.57 Å². The van der Waals surface area contributed by atoms with Crippen LogP contribution in [0.4, 0.5) is 0 Å². The summed E-state index contributed by atoms with van der Waals surface area (Å²) in [6.07, 6.45) is 2.64. The van der Waals surface area contributed by atoms with E-state index < -0.39 is 0 Å². The van der Waals surface area contributed by atoms with Gasteiger partial charge in [-0.25, -0.2) is 0 Å². The van der Waals surface area contributed by atoms with Crippen LogP contribution < -0.4 is 0 Å². The van der Waals surface area contributed by atoms with Gasteiger partial charge >= 0.3 is 0 Å². The van der Waals surface area contributed by atoms with Crippen molar-refractivity contribution in [3.05, 3.63) is 16.7 Å². The number of nitrogens with one attached hydrogen (secondary N) is 1. The smallest absolute Gasteiger partial charge is 0.177 e. The van der Waals surface area contributed by atoms with Gasteiger partial charge in [-0.15, -0.1) is 0 Å². The van der Waals surface area contributed by atoms with E-state index in [0.29, 0.717) is 11.3 Å². The maximum absolute atomic E-state index is 10.1. The fourth-order valence-electron chi connectivity index (χ4n) is 0.781. The molecular weight excluding hydrogens is 148 g/mol. The molecule has 1 aromatic heterocycles. The van der Waals surface area contributed by atoms with Crippen molar-refractivity contribution in [1.29, 1.82) is 0 Å². The molecule has 0 bridgehead atoms. The molecule has 0 unspecified atom stereocenters. The summed E-state index contributed by atoms with van der Waals surface area (Å²) in [6.45, 7) is 2.24. The number of carbonyl (C=O) groups is 1. The van der Waals surface area contributed by atoms with Crippen LogP contribution in [0.25, 0.3) is 0 Å². The number of aromatic amines is 1. The molecule has 0 amide bonds. The molecule has 0 saturated heterocycles. The van der Waals surface area contributed by atoms with Gasteiger partial charge in [-0.3, -0.25) is 0 Å². The highest BCUT2D eigenvalue weighted by atomic mass is 32.1. The standard InChI is InChI=1S/C6H8N2OS/c1-5-4-8(2-3-9)6(10)7-5/h3-4H,2H2,1H3,(H,7,10). The fraction of sp³-hybridized carbons (Fsp3) is 0.333. The number of imidazole rings is 1. The van der Waals surface area contributed by atoms with Gasteiger partial charge in [0.25, 0.3) is 0 Å². The van der Waals surface area contributed by atoms with Gasteiger partial charge in [0.2, 0.25) is 0 Å². The molecule has 3 nitrogen and oxygen atoms in total. The van der Waals surface area contributed by atoms with Crippen molar-refractivity contribution < 1.29 is 4.79 Å². The molecule has 0 fully saturated rings. The van der Waals surface area contributed by atoms with Crippen molar-refractivity contribution in [3.63, 3.8) is 0 Å². The summed E-state index contributed by atoms with van der Waals surface area (Å²) in [7, 11) is 0. The highest BCUT2D eigenvalue weighted by Crippen LogP contribution is 1.94. The molecule has 1 heterocycles. The molecule has 1 N–H and O–H groups in total. The molecule has 54 valence electrons. The lowest BCUT2D eigenvalue weighted by Crippen LogP contribution is -1.95. The second-order valence-corrected chi connectivity index (χ2v) is 2.45. The Hall–Kier alpha value is -0.900. The van der Waals surface area contributed by atoms with Crippen molar-refractivity contribution in [3.8, 4) is 0 Å². The predicted octanol–water partition coefficient (Wildman–Crippen LogP) is 1.05. The first-order chi connectivity index (χ1) is 4.74. The molecule has 0 aromatic carbocycles. The number of rotatable bonds is 2. The summed E-state index contributed by atoms with van der Waals surface area (Å²) in [5, 5.41) is 0. The molecule has 0 aliphatic heterocycles. The molecule has 1 aromatic rings. The van der Waals surface area contributed by atoms with Crippen LogP contribution >= 0.6 is 12.2 Å². The lowest BCUT2D eigenvalue weighted by Gasteiger charge is -1.89. The van der Waals surface area contributed by atoms with Crippen LogP contribution in [-0.2, 0) is 11.3 Å². The number of aldehydes is 1. The first-order valence-corrected chi connectivity index (χ1v) is 3.34. The average molecular weight is 156 g/mol. The Morgan fingerprint density at radius 1 is 1.90 bits per heavy atom. The molecule has 4 heteroatoms. The molecule has 0 aliphatic rings. The largest absolute Gasteiger partial charge is 0.335 e. The zero-order valence-corrected chi connectivity index (χ0v) is 6.44. The van der Waals surface area contributed by atoms with Gasteiger partial charge < -0.3 is 14.3 Å². The zero-order chi connectivity index (χ0) is 7.56. The van der Waals surface area contributed by atoms with Gasteiger partial charge in [0, 0.05) is 11.9 Å². The van der Waals surface area contributed by atoms with Crippen LogP contribution in [0.15, 0.2) is 6.20 Å². The van der Waals surface area contributed by atoms with E-state index in [0.717, 1.165) is 12.0 Å². The molecule has 10 heavy (non-hydrogen) atoms. The van der Waals surface area contributed by atoms with E-state index in [1.165, 1.54) is 0 Å². The van der Waals surface area contributed by atoms with Crippen molar-refractivity contribution in [2.75, 3.05) is 0 Å². The average Bonchev–Trinajstić information content (AvgIpc) is 2.13. The Bertz CT molecular complexity index is 286. The summed E-state index contributed by atoms with van der Waals surface area (Å²) in [5.74, 6) is 0. The van der Waals surface area contributed by atoms with E-state index >= 15 is 0 Å². The number of carbonyl (C=O) groups excluding carboxylic acids is 1. The summed E-state index contributed by atoms with van der Waals surface area (Å²) in [4.78, 5) is 13.0. The van der Waals surface area contributed by atoms with Gasteiger partial charge in [0.1, 0.15) is 6.29 Å². The van der Waals surface area contributed by atoms with Crippen molar-refractivity contribution in [1.82, 2.24) is 9.55 Å². The number of hydrogen-bond acceptors (Lipinski definition) is 2. The zero-order valence-electron chi connectivity index (χ0n) is 5.63. The number of nitrogens with zero attached hydrogens (tertiary/aromatic N) is 1. The van der Waals surface area contributed by atoms with Gasteiger partial charge in [-0.05, 0) is 19.1 Å². The van der Waals surface area contributed by atoms with E-state index in [2.05, 4.69) is 4.98 Å². The Labute approximate surface area is 63.7 Å². The Morgan fingerprint density at radius 2 is 2.60 bits per heavy atom. The van der Waals surface area contributed by atoms with E-state index in [4.69, 9.17) is 12.2 Å². The highest BCUT2D eigenvalue weighted by Gasteiger charge is 1.92. The molecule has 0 spiro atoms. The molecule has 0 atom stereocenters. The molecule has 1 rings (SSSR count). The van der Waals surface area contributed by atoms with Gasteiger partial charge in [0.05, 0.1) is 6.54 Å². The lowest BCUT2D eigenvalue weighted by molar-refractivity contribution is -0.108. The van der Waals surface area contributed by atoms with Crippen LogP contribution in [0.5, 0.6) is 0 Å². The van der Waals surface area contributed by atoms with Gasteiger partial charge in [0.15, 0.2) is 4.77 Å².